The number of nitrogens with zero attached hydrogens (tertiary/aromatic N) is 1. The molecule has 15 heavy (non-hydrogen) atoms. The van der Waals surface area contributed by atoms with Crippen LogP contribution in [-0.4, -0.2) is 18.5 Å². The van der Waals surface area contributed by atoms with E-state index in [0.717, 1.165) is 14.8 Å². The second kappa shape index (κ2) is 4.09. The first-order chi connectivity index (χ1) is 7.08. The van der Waals surface area contributed by atoms with Gasteiger partial charge >= 0.3 is 0 Å². The Kier molecular flexibility index (Phi) is 2.97. The van der Waals surface area contributed by atoms with Crippen LogP contribution in [0.2, 0.25) is 0 Å². The van der Waals surface area contributed by atoms with Gasteiger partial charge in [0.05, 0.1) is 0 Å². The molecule has 1 aromatic carbocycles. The van der Waals surface area contributed by atoms with Crippen LogP contribution in [0.3, 0.4) is 0 Å². The molecule has 80 valence electrons. The lowest BCUT2D eigenvalue weighted by molar-refractivity contribution is -0.117. The van der Waals surface area contributed by atoms with Crippen LogP contribution < -0.4 is 10.6 Å². The number of hydrogen-bond acceptors (Lipinski definition) is 2. The number of halogens is 1. The normalized spacial score (nSPS) is 21.1. The number of benzene rings is 1. The van der Waals surface area contributed by atoms with Gasteiger partial charge in [-0.15, -0.1) is 0 Å². The smallest absolute Gasteiger partial charge is 0.228 e. The molecule has 2 rings (SSSR count). The van der Waals surface area contributed by atoms with Gasteiger partial charge in [-0.2, -0.15) is 0 Å². The van der Waals surface area contributed by atoms with Crippen LogP contribution in [-0.2, 0) is 4.79 Å². The minimum absolute atomic E-state index is 0.0187. The molecule has 1 unspecified atom stereocenters. The molecule has 0 aromatic heterocycles. The Morgan fingerprint density at radius 3 is 2.87 bits per heavy atom. The van der Waals surface area contributed by atoms with E-state index in [9.17, 15) is 4.79 Å². The van der Waals surface area contributed by atoms with E-state index in [-0.39, 0.29) is 11.9 Å². The van der Waals surface area contributed by atoms with Gasteiger partial charge in [0.1, 0.15) is 0 Å². The van der Waals surface area contributed by atoms with Crippen LogP contribution in [0.25, 0.3) is 0 Å². The molecular formula is C11H13IN2O. The van der Waals surface area contributed by atoms with Crippen molar-refractivity contribution in [3.8, 4) is 0 Å². The van der Waals surface area contributed by atoms with E-state index in [1.807, 2.05) is 25.1 Å². The molecule has 1 amide bonds. The maximum Gasteiger partial charge on any atom is 0.228 e. The monoisotopic (exact) mass is 316 g/mol. The number of rotatable bonds is 1. The minimum Gasteiger partial charge on any atom is -0.326 e. The zero-order chi connectivity index (χ0) is 11.0. The Morgan fingerprint density at radius 1 is 1.53 bits per heavy atom. The van der Waals surface area contributed by atoms with Gasteiger partial charge in [-0.05, 0) is 47.2 Å². The lowest BCUT2D eigenvalue weighted by Crippen LogP contribution is -2.28. The molecule has 1 heterocycles. The van der Waals surface area contributed by atoms with Gasteiger partial charge in [0, 0.05) is 28.3 Å². The van der Waals surface area contributed by atoms with Crippen molar-refractivity contribution in [3.63, 3.8) is 0 Å². The summed E-state index contributed by atoms with van der Waals surface area (Å²) in [7, 11) is 0. The first kappa shape index (κ1) is 10.9. The average Bonchev–Trinajstić information content (AvgIpc) is 2.50. The van der Waals surface area contributed by atoms with Gasteiger partial charge in [-0.25, -0.2) is 0 Å². The molecule has 3 nitrogen and oxygen atoms in total. The lowest BCUT2D eigenvalue weighted by Gasteiger charge is -2.18. The molecular weight excluding hydrogens is 303 g/mol. The van der Waals surface area contributed by atoms with Gasteiger partial charge in [-0.1, -0.05) is 6.07 Å². The zero-order valence-electron chi connectivity index (χ0n) is 8.53. The summed E-state index contributed by atoms with van der Waals surface area (Å²) in [5.41, 5.74) is 7.90. The predicted molar refractivity (Wildman–Crippen MR) is 68.8 cm³/mol. The van der Waals surface area contributed by atoms with Gasteiger partial charge < -0.3 is 10.6 Å². The van der Waals surface area contributed by atoms with Gasteiger partial charge in [0.25, 0.3) is 0 Å². The molecule has 0 spiro atoms. The van der Waals surface area contributed by atoms with E-state index in [4.69, 9.17) is 5.73 Å². The maximum absolute atomic E-state index is 11.7. The predicted octanol–water partition coefficient (Wildman–Crippen LogP) is 1.66. The van der Waals surface area contributed by atoms with E-state index in [2.05, 4.69) is 22.6 Å². The van der Waals surface area contributed by atoms with Crippen LogP contribution in [0.4, 0.5) is 5.69 Å². The fourth-order valence-corrected chi connectivity index (χ4v) is 2.32. The summed E-state index contributed by atoms with van der Waals surface area (Å²) < 4.78 is 1.14. The van der Waals surface area contributed by atoms with Crippen molar-refractivity contribution in [1.82, 2.24) is 0 Å². The number of carbonyl (C=O) groups is 1. The Labute approximate surface area is 103 Å². The largest absolute Gasteiger partial charge is 0.326 e. The molecule has 1 saturated heterocycles. The van der Waals surface area contributed by atoms with Crippen LogP contribution in [0.15, 0.2) is 18.2 Å². The van der Waals surface area contributed by atoms with Crippen molar-refractivity contribution in [1.29, 1.82) is 0 Å². The number of aryl methyl sites for hydroxylation is 1. The van der Waals surface area contributed by atoms with Crippen molar-refractivity contribution < 1.29 is 4.79 Å². The average molecular weight is 316 g/mol. The molecule has 1 aromatic rings. The lowest BCUT2D eigenvalue weighted by atomic mass is 10.2. The number of carbonyl (C=O) groups excluding carboxylic acids is 1. The van der Waals surface area contributed by atoms with Crippen LogP contribution in [0, 0.1) is 10.5 Å². The Balaban J connectivity index is 2.37. The highest BCUT2D eigenvalue weighted by Crippen LogP contribution is 2.26. The first-order valence-corrected chi connectivity index (χ1v) is 5.98. The fourth-order valence-electron chi connectivity index (χ4n) is 1.84. The van der Waals surface area contributed by atoms with Crippen LogP contribution in [0.5, 0.6) is 0 Å². The van der Waals surface area contributed by atoms with Gasteiger partial charge in [0.15, 0.2) is 0 Å². The Bertz CT molecular complexity index is 406. The zero-order valence-corrected chi connectivity index (χ0v) is 10.7. The van der Waals surface area contributed by atoms with Gasteiger partial charge in [0.2, 0.25) is 5.91 Å². The molecule has 0 radical (unpaired) electrons. The van der Waals surface area contributed by atoms with Crippen molar-refractivity contribution >= 4 is 34.2 Å². The molecule has 2 N–H and O–H groups in total. The fraction of sp³-hybridized carbons (Fsp3) is 0.364. The third-order valence-corrected chi connectivity index (χ3v) is 3.29. The molecule has 1 fully saturated rings. The van der Waals surface area contributed by atoms with Crippen molar-refractivity contribution in [3.05, 3.63) is 27.3 Å². The second-order valence-corrected chi connectivity index (χ2v) is 5.14. The van der Waals surface area contributed by atoms with Crippen molar-refractivity contribution in [2.24, 2.45) is 5.73 Å². The number of anilines is 1. The molecule has 0 aliphatic carbocycles. The van der Waals surface area contributed by atoms with E-state index in [0.29, 0.717) is 13.0 Å². The van der Waals surface area contributed by atoms with Crippen LogP contribution >= 0.6 is 22.6 Å². The topological polar surface area (TPSA) is 46.3 Å². The summed E-state index contributed by atoms with van der Waals surface area (Å²) in [5.74, 6) is 0.132. The summed E-state index contributed by atoms with van der Waals surface area (Å²) in [6, 6.07) is 6.09. The SMILES string of the molecule is Cc1ccc(I)cc1N1CC(N)CC1=O. The molecule has 1 atom stereocenters. The molecule has 0 saturated carbocycles. The standard InChI is InChI=1S/C11H13IN2O/c1-7-2-3-8(12)4-10(7)14-6-9(13)5-11(14)15/h2-4,9H,5-6,13H2,1H3. The molecule has 1 aliphatic rings. The number of nitrogens with two attached hydrogens (primary N) is 1. The summed E-state index contributed by atoms with van der Waals surface area (Å²) in [4.78, 5) is 13.5. The van der Waals surface area contributed by atoms with Crippen LogP contribution in [0.1, 0.15) is 12.0 Å². The molecule has 4 heteroatoms. The molecule has 1 aliphatic heterocycles. The highest BCUT2D eigenvalue weighted by Gasteiger charge is 2.28. The number of hydrogen-bond donors (Lipinski definition) is 1. The summed E-state index contributed by atoms with van der Waals surface area (Å²) in [6.07, 6.45) is 0.463. The quantitative estimate of drug-likeness (QED) is 0.801. The second-order valence-electron chi connectivity index (χ2n) is 3.90. The highest BCUT2D eigenvalue weighted by molar-refractivity contribution is 14.1. The van der Waals surface area contributed by atoms with Gasteiger partial charge in [-0.3, -0.25) is 4.79 Å². The third kappa shape index (κ3) is 2.15. The summed E-state index contributed by atoms with van der Waals surface area (Å²) >= 11 is 2.25. The minimum atomic E-state index is -0.0187. The van der Waals surface area contributed by atoms with E-state index in [1.54, 1.807) is 4.90 Å². The Morgan fingerprint density at radius 2 is 2.27 bits per heavy atom. The van der Waals surface area contributed by atoms with Crippen molar-refractivity contribution in [2.45, 2.75) is 19.4 Å². The van der Waals surface area contributed by atoms with E-state index < -0.39 is 0 Å². The van der Waals surface area contributed by atoms with E-state index in [1.165, 1.54) is 0 Å². The first-order valence-electron chi connectivity index (χ1n) is 4.90. The maximum atomic E-state index is 11.7. The summed E-state index contributed by atoms with van der Waals surface area (Å²) in [6.45, 7) is 2.66. The van der Waals surface area contributed by atoms with E-state index >= 15 is 0 Å². The summed E-state index contributed by atoms with van der Waals surface area (Å²) in [5, 5.41) is 0. The third-order valence-electron chi connectivity index (χ3n) is 2.62. The molecule has 0 bridgehead atoms. The van der Waals surface area contributed by atoms with Crippen molar-refractivity contribution in [2.75, 3.05) is 11.4 Å². The highest BCUT2D eigenvalue weighted by atomic mass is 127. The Hall–Kier alpha value is -0.620. The number of amides is 1.